The van der Waals surface area contributed by atoms with Crippen LogP contribution in [0.15, 0.2) is 35.7 Å². The van der Waals surface area contributed by atoms with Crippen molar-refractivity contribution in [2.45, 2.75) is 20.3 Å². The van der Waals surface area contributed by atoms with Gasteiger partial charge in [0.15, 0.2) is 0 Å². The maximum atomic E-state index is 12.5. The average molecular weight is 346 g/mol. The van der Waals surface area contributed by atoms with Gasteiger partial charge in [0.05, 0.1) is 28.3 Å². The molecule has 2 aromatic heterocycles. The molecule has 0 saturated carbocycles. The second kappa shape index (κ2) is 6.69. The number of halogens is 1. The number of aromatic nitrogens is 1. The number of esters is 1. The van der Waals surface area contributed by atoms with Crippen LogP contribution in [0.5, 0.6) is 0 Å². The van der Waals surface area contributed by atoms with Crippen molar-refractivity contribution in [3.05, 3.63) is 51.9 Å². The normalized spacial score (nSPS) is 10.9. The van der Waals surface area contributed by atoms with Crippen LogP contribution in [0.4, 0.5) is 0 Å². The van der Waals surface area contributed by atoms with Gasteiger partial charge >= 0.3 is 5.97 Å². The number of benzene rings is 1. The number of carbonyl (C=O) groups is 1. The fraction of sp³-hybridized carbons (Fsp3) is 0.222. The number of thiophene rings is 1. The Morgan fingerprint density at radius 3 is 2.87 bits per heavy atom. The van der Waals surface area contributed by atoms with Crippen molar-refractivity contribution in [1.82, 2.24) is 4.98 Å². The zero-order valence-corrected chi connectivity index (χ0v) is 14.5. The highest BCUT2D eigenvalue weighted by Crippen LogP contribution is 2.32. The smallest absolute Gasteiger partial charge is 0.338 e. The molecule has 0 unspecified atom stereocenters. The first-order chi connectivity index (χ1) is 11.1. The highest BCUT2D eigenvalue weighted by atomic mass is 35.5. The van der Waals surface area contributed by atoms with E-state index in [1.807, 2.05) is 37.4 Å². The van der Waals surface area contributed by atoms with Gasteiger partial charge < -0.3 is 4.74 Å². The van der Waals surface area contributed by atoms with Gasteiger partial charge in [0, 0.05) is 10.4 Å². The summed E-state index contributed by atoms with van der Waals surface area (Å²) in [6.45, 7) is 4.29. The summed E-state index contributed by atoms with van der Waals surface area (Å²) in [4.78, 5) is 18.2. The average Bonchev–Trinajstić information content (AvgIpc) is 3.09. The third-order valence-electron chi connectivity index (χ3n) is 3.60. The standard InChI is InChI=1S/C18H16ClNO2S/c1-3-8-22-18(21)13-10-15(16-5-4-9-23-16)20-17-11(2)14(19)7-6-12(13)17/h4-7,9-10H,3,8H2,1-2H3. The number of pyridine rings is 1. The van der Waals surface area contributed by atoms with Gasteiger partial charge in [-0.1, -0.05) is 30.7 Å². The molecule has 2 heterocycles. The fourth-order valence-electron chi connectivity index (χ4n) is 2.40. The maximum absolute atomic E-state index is 12.5. The van der Waals surface area contributed by atoms with E-state index >= 15 is 0 Å². The monoisotopic (exact) mass is 345 g/mol. The van der Waals surface area contributed by atoms with Crippen LogP contribution in [0.3, 0.4) is 0 Å². The van der Waals surface area contributed by atoms with Crippen molar-refractivity contribution in [2.24, 2.45) is 0 Å². The molecule has 0 aliphatic heterocycles. The molecule has 0 amide bonds. The molecule has 118 valence electrons. The van der Waals surface area contributed by atoms with Crippen LogP contribution in [0.25, 0.3) is 21.5 Å². The second-order valence-electron chi connectivity index (χ2n) is 5.24. The molecule has 0 radical (unpaired) electrons. The highest BCUT2D eigenvalue weighted by Gasteiger charge is 2.17. The summed E-state index contributed by atoms with van der Waals surface area (Å²) < 4.78 is 5.33. The quantitative estimate of drug-likeness (QED) is 0.587. The van der Waals surface area contributed by atoms with Crippen LogP contribution in [-0.2, 0) is 4.74 Å². The first-order valence-corrected chi connectivity index (χ1v) is 8.68. The molecule has 0 atom stereocenters. The number of ether oxygens (including phenoxy) is 1. The van der Waals surface area contributed by atoms with Crippen molar-refractivity contribution in [2.75, 3.05) is 6.61 Å². The van der Waals surface area contributed by atoms with E-state index < -0.39 is 0 Å². The largest absolute Gasteiger partial charge is 0.462 e. The van der Waals surface area contributed by atoms with E-state index in [1.165, 1.54) is 0 Å². The number of nitrogens with zero attached hydrogens (tertiary/aromatic N) is 1. The molecule has 23 heavy (non-hydrogen) atoms. The third-order valence-corrected chi connectivity index (χ3v) is 4.90. The van der Waals surface area contributed by atoms with Gasteiger partial charge in [-0.3, -0.25) is 0 Å². The topological polar surface area (TPSA) is 39.2 Å². The summed E-state index contributed by atoms with van der Waals surface area (Å²) in [6.07, 6.45) is 0.789. The van der Waals surface area contributed by atoms with E-state index in [4.69, 9.17) is 21.3 Å². The van der Waals surface area contributed by atoms with E-state index in [1.54, 1.807) is 23.5 Å². The van der Waals surface area contributed by atoms with Crippen molar-refractivity contribution in [3.8, 4) is 10.6 Å². The van der Waals surface area contributed by atoms with Gasteiger partial charge in [-0.05, 0) is 42.5 Å². The Bertz CT molecular complexity index is 859. The number of hydrogen-bond donors (Lipinski definition) is 0. The summed E-state index contributed by atoms with van der Waals surface area (Å²) in [5.41, 5.74) is 2.91. The summed E-state index contributed by atoms with van der Waals surface area (Å²) in [5.74, 6) is -0.321. The van der Waals surface area contributed by atoms with Crippen LogP contribution in [0, 0.1) is 6.92 Å². The molecule has 0 aliphatic carbocycles. The minimum absolute atomic E-state index is 0.321. The lowest BCUT2D eigenvalue weighted by Crippen LogP contribution is -2.08. The van der Waals surface area contributed by atoms with Crippen LogP contribution >= 0.6 is 22.9 Å². The first-order valence-electron chi connectivity index (χ1n) is 7.42. The van der Waals surface area contributed by atoms with Crippen molar-refractivity contribution < 1.29 is 9.53 Å². The Kier molecular flexibility index (Phi) is 4.64. The molecule has 0 saturated heterocycles. The molecule has 3 rings (SSSR count). The molecule has 0 aliphatic rings. The van der Waals surface area contributed by atoms with Crippen molar-refractivity contribution in [1.29, 1.82) is 0 Å². The summed E-state index contributed by atoms with van der Waals surface area (Å²) in [6, 6.07) is 9.38. The number of rotatable bonds is 4. The molecule has 0 N–H and O–H groups in total. The third kappa shape index (κ3) is 3.09. The lowest BCUT2D eigenvalue weighted by atomic mass is 10.0. The van der Waals surface area contributed by atoms with Crippen LogP contribution in [0.1, 0.15) is 29.3 Å². The van der Waals surface area contributed by atoms with Crippen molar-refractivity contribution >= 4 is 39.8 Å². The van der Waals surface area contributed by atoms with E-state index in [2.05, 4.69) is 0 Å². The number of hydrogen-bond acceptors (Lipinski definition) is 4. The predicted octanol–water partition coefficient (Wildman–Crippen LogP) is 5.49. The minimum Gasteiger partial charge on any atom is -0.462 e. The van der Waals surface area contributed by atoms with Gasteiger partial charge in [-0.25, -0.2) is 9.78 Å². The van der Waals surface area contributed by atoms with Gasteiger partial charge in [-0.2, -0.15) is 0 Å². The fourth-order valence-corrected chi connectivity index (χ4v) is 3.23. The molecule has 3 nitrogen and oxygen atoms in total. The van der Waals surface area contributed by atoms with Gasteiger partial charge in [0.2, 0.25) is 0 Å². The summed E-state index contributed by atoms with van der Waals surface area (Å²) >= 11 is 7.81. The Hall–Kier alpha value is -1.91. The SMILES string of the molecule is CCCOC(=O)c1cc(-c2cccs2)nc2c(C)c(Cl)ccc12. The van der Waals surface area contributed by atoms with Crippen LogP contribution in [0.2, 0.25) is 5.02 Å². The minimum atomic E-state index is -0.321. The Morgan fingerprint density at radius 1 is 1.35 bits per heavy atom. The molecule has 5 heteroatoms. The van der Waals surface area contributed by atoms with Crippen LogP contribution in [-0.4, -0.2) is 17.6 Å². The molecule has 1 aromatic carbocycles. The number of aryl methyl sites for hydroxylation is 1. The van der Waals surface area contributed by atoms with Crippen molar-refractivity contribution in [3.63, 3.8) is 0 Å². The predicted molar refractivity (Wildman–Crippen MR) is 95.4 cm³/mol. The van der Waals surface area contributed by atoms with E-state index in [-0.39, 0.29) is 5.97 Å². The second-order valence-corrected chi connectivity index (χ2v) is 6.59. The summed E-state index contributed by atoms with van der Waals surface area (Å²) in [7, 11) is 0. The molecular formula is C18H16ClNO2S. The van der Waals surface area contributed by atoms with E-state index in [0.717, 1.165) is 33.5 Å². The molecule has 3 aromatic rings. The van der Waals surface area contributed by atoms with Gasteiger partial charge in [-0.15, -0.1) is 11.3 Å². The highest BCUT2D eigenvalue weighted by molar-refractivity contribution is 7.13. The Balaban J connectivity index is 2.24. The lowest BCUT2D eigenvalue weighted by Gasteiger charge is -2.11. The van der Waals surface area contributed by atoms with Crippen LogP contribution < -0.4 is 0 Å². The van der Waals surface area contributed by atoms with Gasteiger partial charge in [0.1, 0.15) is 0 Å². The molecular weight excluding hydrogens is 330 g/mol. The zero-order chi connectivity index (χ0) is 16.4. The van der Waals surface area contributed by atoms with E-state index in [9.17, 15) is 4.79 Å². The molecule has 0 spiro atoms. The summed E-state index contributed by atoms with van der Waals surface area (Å²) in [5, 5.41) is 3.40. The zero-order valence-electron chi connectivity index (χ0n) is 12.9. The number of carbonyl (C=O) groups excluding carboxylic acids is 1. The lowest BCUT2D eigenvalue weighted by molar-refractivity contribution is 0.0507. The molecule has 0 fully saturated rings. The Labute approximate surface area is 143 Å². The van der Waals surface area contributed by atoms with E-state index in [0.29, 0.717) is 17.2 Å². The first kappa shape index (κ1) is 16.0. The van der Waals surface area contributed by atoms with Gasteiger partial charge in [0.25, 0.3) is 0 Å². The maximum Gasteiger partial charge on any atom is 0.338 e. The molecule has 0 bridgehead atoms. The number of fused-ring (bicyclic) bond motifs is 1. The Morgan fingerprint density at radius 2 is 2.17 bits per heavy atom.